The summed E-state index contributed by atoms with van der Waals surface area (Å²) in [7, 11) is -2.28. The molecule has 4 heterocycles. The topological polar surface area (TPSA) is 164 Å². The van der Waals surface area contributed by atoms with E-state index in [9.17, 15) is 27.6 Å². The van der Waals surface area contributed by atoms with E-state index in [2.05, 4.69) is 10.0 Å². The highest BCUT2D eigenvalue weighted by molar-refractivity contribution is 7.90. The van der Waals surface area contributed by atoms with Crippen molar-refractivity contribution in [1.29, 1.82) is 0 Å². The number of methoxy groups -OCH3 is 1. The van der Waals surface area contributed by atoms with Gasteiger partial charge in [0.2, 0.25) is 27.7 Å². The van der Waals surface area contributed by atoms with E-state index in [1.807, 2.05) is 65.6 Å². The summed E-state index contributed by atoms with van der Waals surface area (Å²) in [6.45, 7) is 1.42. The normalized spacial score (nSPS) is 23.9. The first-order valence-electron chi connectivity index (χ1n) is 20.4. The number of amides is 4. The molecule has 0 radical (unpaired) electrons. The van der Waals surface area contributed by atoms with Crippen molar-refractivity contribution in [3.8, 4) is 22.8 Å². The summed E-state index contributed by atoms with van der Waals surface area (Å²) in [4.78, 5) is 64.5. The highest BCUT2D eigenvalue weighted by atomic mass is 32.2. The first-order chi connectivity index (χ1) is 27.6. The first kappa shape index (κ1) is 40.2. The monoisotopic (exact) mass is 799 g/mol. The molecule has 0 bridgehead atoms. The number of ether oxygens (including phenoxy) is 2. The molecule has 4 aliphatic rings. The van der Waals surface area contributed by atoms with Crippen LogP contribution in [0.2, 0.25) is 0 Å². The molecule has 3 aliphatic heterocycles. The van der Waals surface area contributed by atoms with Crippen LogP contribution in [0.15, 0.2) is 66.7 Å². The number of fused-ring (bicyclic) bond motifs is 2. The van der Waals surface area contributed by atoms with Crippen LogP contribution in [0.4, 0.5) is 0 Å². The molecule has 3 fully saturated rings. The molecular formula is C43H53N5O8S. The Bertz CT molecular complexity index is 2080. The SMILES string of the molecule is COc1ccc2c(OC3CC4C(=O)NC(C(=O)NS(=O)(=O)C5CC5)CC=CCCCCCC(CC(=O)N5CCCCC5)C(=O)N4C3)cc(-c3ccccc3)nc2c1. The number of rotatable bonds is 9. The molecule has 304 valence electrons. The number of pyridine rings is 1. The van der Waals surface area contributed by atoms with E-state index in [-0.39, 0.29) is 37.6 Å². The first-order valence-corrected chi connectivity index (χ1v) is 21.9. The summed E-state index contributed by atoms with van der Waals surface area (Å²) in [5.74, 6) is -1.25. The third kappa shape index (κ3) is 9.95. The molecule has 1 aliphatic carbocycles. The van der Waals surface area contributed by atoms with E-state index in [1.165, 1.54) is 4.90 Å². The molecule has 2 aromatic carbocycles. The highest BCUT2D eigenvalue weighted by Crippen LogP contribution is 2.35. The van der Waals surface area contributed by atoms with E-state index in [1.54, 1.807) is 13.2 Å². The van der Waals surface area contributed by atoms with E-state index < -0.39 is 51.2 Å². The fourth-order valence-corrected chi connectivity index (χ4v) is 9.44. The standard InChI is InChI=1S/C43H53N5O8S/c1-55-31-18-21-34-37(25-31)44-36(29-14-9-6-10-15-29)27-39(34)56-32-26-38-42(51)45-35(41(50)46-57(53,54)33-19-20-33)17-11-5-3-2-4-8-16-30(43(52)48(38)28-32)24-40(49)47-22-12-7-13-23-47/h5-6,9-11,14-15,18,21,25,27,30,32-33,35,38H,2-4,7-8,12-13,16-17,19-20,22-24,26,28H2,1H3,(H,45,51)(H,46,50). The number of carbonyl (C=O) groups is 4. The van der Waals surface area contributed by atoms with Gasteiger partial charge in [0, 0.05) is 54.9 Å². The maximum absolute atomic E-state index is 14.8. The molecule has 7 rings (SSSR count). The van der Waals surface area contributed by atoms with Crippen molar-refractivity contribution in [2.45, 2.75) is 107 Å². The number of benzene rings is 2. The average molecular weight is 800 g/mol. The van der Waals surface area contributed by atoms with Crippen LogP contribution in [0.1, 0.15) is 83.5 Å². The zero-order chi connectivity index (χ0) is 39.9. The van der Waals surface area contributed by atoms with Gasteiger partial charge in [-0.15, -0.1) is 0 Å². The molecule has 13 nitrogen and oxygen atoms in total. The number of hydrogen-bond acceptors (Lipinski definition) is 9. The number of likely N-dealkylation sites (tertiary alicyclic amines) is 1. The van der Waals surface area contributed by atoms with Crippen molar-refractivity contribution >= 4 is 44.6 Å². The molecule has 2 N–H and O–H groups in total. The van der Waals surface area contributed by atoms with Crippen LogP contribution in [0.25, 0.3) is 22.2 Å². The lowest BCUT2D eigenvalue weighted by atomic mass is 9.94. The molecule has 2 saturated heterocycles. The van der Waals surface area contributed by atoms with Gasteiger partial charge >= 0.3 is 0 Å². The molecule has 4 unspecified atom stereocenters. The molecule has 1 saturated carbocycles. The molecule has 0 spiro atoms. The van der Waals surface area contributed by atoms with Gasteiger partial charge in [-0.3, -0.25) is 23.9 Å². The van der Waals surface area contributed by atoms with Gasteiger partial charge in [0.25, 0.3) is 5.91 Å². The molecule has 14 heteroatoms. The van der Waals surface area contributed by atoms with Gasteiger partial charge in [-0.2, -0.15) is 0 Å². The summed E-state index contributed by atoms with van der Waals surface area (Å²) in [5.41, 5.74) is 2.20. The van der Waals surface area contributed by atoms with Crippen molar-refractivity contribution < 1.29 is 37.1 Å². The fourth-order valence-electron chi connectivity index (χ4n) is 8.09. The number of allylic oxidation sites excluding steroid dienone is 1. The Morgan fingerprint density at radius 3 is 2.46 bits per heavy atom. The third-order valence-corrected chi connectivity index (χ3v) is 13.3. The Morgan fingerprint density at radius 1 is 0.930 bits per heavy atom. The van der Waals surface area contributed by atoms with Crippen molar-refractivity contribution in [2.75, 3.05) is 26.7 Å². The van der Waals surface area contributed by atoms with E-state index >= 15 is 0 Å². The smallest absolute Gasteiger partial charge is 0.256 e. The van der Waals surface area contributed by atoms with Crippen molar-refractivity contribution in [1.82, 2.24) is 24.8 Å². The van der Waals surface area contributed by atoms with Crippen LogP contribution >= 0.6 is 0 Å². The van der Waals surface area contributed by atoms with Gasteiger partial charge in [-0.1, -0.05) is 55.3 Å². The minimum Gasteiger partial charge on any atom is -0.497 e. The van der Waals surface area contributed by atoms with Gasteiger partial charge in [0.1, 0.15) is 29.7 Å². The summed E-state index contributed by atoms with van der Waals surface area (Å²) >= 11 is 0. The van der Waals surface area contributed by atoms with Gasteiger partial charge in [-0.25, -0.2) is 13.4 Å². The number of nitrogens with one attached hydrogen (secondary N) is 2. The zero-order valence-corrected chi connectivity index (χ0v) is 33.4. The minimum absolute atomic E-state index is 0.0520. The molecule has 4 atom stereocenters. The zero-order valence-electron chi connectivity index (χ0n) is 32.6. The van der Waals surface area contributed by atoms with Gasteiger partial charge in [-0.05, 0) is 69.9 Å². The van der Waals surface area contributed by atoms with Crippen LogP contribution in [0, 0.1) is 5.92 Å². The summed E-state index contributed by atoms with van der Waals surface area (Å²) in [6.07, 6.45) is 10.9. The third-order valence-electron chi connectivity index (χ3n) is 11.5. The van der Waals surface area contributed by atoms with Crippen LogP contribution in [0.5, 0.6) is 11.5 Å². The van der Waals surface area contributed by atoms with Crippen LogP contribution in [-0.4, -0.2) is 97.0 Å². The summed E-state index contributed by atoms with van der Waals surface area (Å²) in [6, 6.07) is 14.8. The Morgan fingerprint density at radius 2 is 1.70 bits per heavy atom. The van der Waals surface area contributed by atoms with E-state index in [0.717, 1.165) is 55.9 Å². The van der Waals surface area contributed by atoms with E-state index in [4.69, 9.17) is 14.5 Å². The van der Waals surface area contributed by atoms with Crippen LogP contribution in [0.3, 0.4) is 0 Å². The van der Waals surface area contributed by atoms with Crippen molar-refractivity contribution in [2.24, 2.45) is 5.92 Å². The van der Waals surface area contributed by atoms with Gasteiger partial charge in [0.05, 0.1) is 30.1 Å². The second-order valence-electron chi connectivity index (χ2n) is 15.7. The van der Waals surface area contributed by atoms with Crippen LogP contribution < -0.4 is 19.5 Å². The van der Waals surface area contributed by atoms with E-state index in [0.29, 0.717) is 55.1 Å². The number of aromatic nitrogens is 1. The predicted molar refractivity (Wildman–Crippen MR) is 216 cm³/mol. The van der Waals surface area contributed by atoms with Crippen LogP contribution in [-0.2, 0) is 29.2 Å². The lowest BCUT2D eigenvalue weighted by Gasteiger charge is -2.31. The fraction of sp³-hybridized carbons (Fsp3) is 0.512. The number of hydrogen-bond donors (Lipinski definition) is 2. The molecule has 3 aromatic rings. The maximum Gasteiger partial charge on any atom is 0.256 e. The predicted octanol–water partition coefficient (Wildman–Crippen LogP) is 5.28. The second-order valence-corrected chi connectivity index (χ2v) is 17.7. The molecule has 4 amide bonds. The summed E-state index contributed by atoms with van der Waals surface area (Å²) < 4.78 is 40.0. The Hall–Kier alpha value is -4.98. The molecule has 1 aromatic heterocycles. The number of sulfonamides is 1. The molecular weight excluding hydrogens is 747 g/mol. The average Bonchev–Trinajstić information content (AvgIpc) is 4.01. The number of piperidine rings is 1. The quantitative estimate of drug-likeness (QED) is 0.274. The van der Waals surface area contributed by atoms with Gasteiger partial charge < -0.3 is 24.6 Å². The minimum atomic E-state index is -3.87. The molecule has 57 heavy (non-hydrogen) atoms. The lowest BCUT2D eigenvalue weighted by Crippen LogP contribution is -2.54. The maximum atomic E-state index is 14.8. The number of nitrogens with zero attached hydrogens (tertiary/aromatic N) is 3. The Balaban J connectivity index is 1.20. The van der Waals surface area contributed by atoms with Crippen molar-refractivity contribution in [3.05, 3.63) is 66.7 Å². The highest BCUT2D eigenvalue weighted by Gasteiger charge is 2.45. The number of carbonyl (C=O) groups excluding carboxylic acids is 4. The van der Waals surface area contributed by atoms with Gasteiger partial charge in [0.15, 0.2) is 0 Å². The Kier molecular flexibility index (Phi) is 12.8. The summed E-state index contributed by atoms with van der Waals surface area (Å²) in [5, 5.41) is 2.92. The second kappa shape index (κ2) is 18.1. The lowest BCUT2D eigenvalue weighted by molar-refractivity contribution is -0.145. The Labute approximate surface area is 334 Å². The van der Waals surface area contributed by atoms with Crippen molar-refractivity contribution in [3.63, 3.8) is 0 Å². The largest absolute Gasteiger partial charge is 0.497 e.